The molecule has 1 rings (SSSR count). The van der Waals surface area contributed by atoms with Crippen molar-refractivity contribution in [2.24, 2.45) is 0 Å². The van der Waals surface area contributed by atoms with E-state index in [4.69, 9.17) is 21.1 Å². The fourth-order valence-corrected chi connectivity index (χ4v) is 2.15. The highest BCUT2D eigenvalue weighted by molar-refractivity contribution is 6.17. The zero-order chi connectivity index (χ0) is 15.1. The van der Waals surface area contributed by atoms with Crippen LogP contribution in [0.3, 0.4) is 0 Å². The van der Waals surface area contributed by atoms with Gasteiger partial charge in [-0.15, -0.1) is 11.6 Å². The average Bonchev–Trinajstić information content (AvgIpc) is 2.45. The second kappa shape index (κ2) is 8.00. The van der Waals surface area contributed by atoms with Crippen molar-refractivity contribution < 1.29 is 14.3 Å². The van der Waals surface area contributed by atoms with E-state index >= 15 is 0 Å². The Hall–Kier alpha value is -1.42. The lowest BCUT2D eigenvalue weighted by Crippen LogP contribution is -2.38. The van der Waals surface area contributed by atoms with Crippen molar-refractivity contribution in [3.8, 4) is 11.5 Å². The first kappa shape index (κ1) is 16.6. The maximum absolute atomic E-state index is 12.7. The molecule has 0 fully saturated rings. The van der Waals surface area contributed by atoms with Gasteiger partial charge in [-0.2, -0.15) is 0 Å². The molecule has 1 aromatic rings. The second-order valence-corrected chi connectivity index (χ2v) is 5.05. The standard InChI is InChI=1S/C15H22ClNO3/c1-11(2)17(10-6-9-16)15(18)12-7-5-8-13(19-3)14(12)20-4/h5,7-8,11H,6,9-10H2,1-4H3. The highest BCUT2D eigenvalue weighted by Crippen LogP contribution is 2.31. The quantitative estimate of drug-likeness (QED) is 0.726. The number of para-hydroxylation sites is 1. The summed E-state index contributed by atoms with van der Waals surface area (Å²) >= 11 is 5.72. The van der Waals surface area contributed by atoms with Gasteiger partial charge in [-0.25, -0.2) is 0 Å². The van der Waals surface area contributed by atoms with Crippen molar-refractivity contribution in [3.05, 3.63) is 23.8 Å². The van der Waals surface area contributed by atoms with Gasteiger partial charge in [-0.3, -0.25) is 4.79 Å². The van der Waals surface area contributed by atoms with Crippen molar-refractivity contribution in [1.82, 2.24) is 4.90 Å². The first-order valence-corrected chi connectivity index (χ1v) is 7.18. The highest BCUT2D eigenvalue weighted by Gasteiger charge is 2.23. The van der Waals surface area contributed by atoms with Crippen LogP contribution in [-0.2, 0) is 0 Å². The number of amides is 1. The third-order valence-electron chi connectivity index (χ3n) is 3.05. The van der Waals surface area contributed by atoms with Crippen molar-refractivity contribution >= 4 is 17.5 Å². The fraction of sp³-hybridized carbons (Fsp3) is 0.533. The van der Waals surface area contributed by atoms with Crippen LogP contribution < -0.4 is 9.47 Å². The SMILES string of the molecule is COc1cccc(C(=O)N(CCCCl)C(C)C)c1OC. The highest BCUT2D eigenvalue weighted by atomic mass is 35.5. The predicted molar refractivity (Wildman–Crippen MR) is 81.1 cm³/mol. The van der Waals surface area contributed by atoms with Gasteiger partial charge in [0.2, 0.25) is 0 Å². The topological polar surface area (TPSA) is 38.8 Å². The van der Waals surface area contributed by atoms with Gasteiger partial charge >= 0.3 is 0 Å². The van der Waals surface area contributed by atoms with Crippen LogP contribution in [0, 0.1) is 0 Å². The molecule has 0 unspecified atom stereocenters. The van der Waals surface area contributed by atoms with E-state index in [-0.39, 0.29) is 11.9 Å². The Morgan fingerprint density at radius 3 is 2.50 bits per heavy atom. The summed E-state index contributed by atoms with van der Waals surface area (Å²) in [6.07, 6.45) is 0.762. The maximum atomic E-state index is 12.7. The Kier molecular flexibility index (Phi) is 6.65. The molecule has 0 saturated heterocycles. The Morgan fingerprint density at radius 2 is 2.00 bits per heavy atom. The average molecular weight is 300 g/mol. The van der Waals surface area contributed by atoms with Crippen molar-refractivity contribution in [2.75, 3.05) is 26.6 Å². The van der Waals surface area contributed by atoms with Crippen LogP contribution in [0.25, 0.3) is 0 Å². The molecule has 0 aliphatic rings. The summed E-state index contributed by atoms with van der Waals surface area (Å²) in [7, 11) is 3.09. The number of carbonyl (C=O) groups excluding carboxylic acids is 1. The van der Waals surface area contributed by atoms with E-state index in [2.05, 4.69) is 0 Å². The fourth-order valence-electron chi connectivity index (χ4n) is 2.03. The summed E-state index contributed by atoms with van der Waals surface area (Å²) < 4.78 is 10.6. The summed E-state index contributed by atoms with van der Waals surface area (Å²) in [5.74, 6) is 1.49. The minimum atomic E-state index is -0.0686. The van der Waals surface area contributed by atoms with Gasteiger partial charge in [-0.1, -0.05) is 6.07 Å². The van der Waals surface area contributed by atoms with Crippen molar-refractivity contribution in [3.63, 3.8) is 0 Å². The Labute approximate surface area is 125 Å². The molecule has 1 amide bonds. The van der Waals surface area contributed by atoms with Crippen molar-refractivity contribution in [2.45, 2.75) is 26.3 Å². The molecule has 0 aliphatic carbocycles. The lowest BCUT2D eigenvalue weighted by atomic mass is 10.1. The third kappa shape index (κ3) is 3.79. The van der Waals surface area contributed by atoms with Crippen LogP contribution in [0.15, 0.2) is 18.2 Å². The van der Waals surface area contributed by atoms with E-state index in [0.717, 1.165) is 6.42 Å². The Bertz CT molecular complexity index is 449. The zero-order valence-corrected chi connectivity index (χ0v) is 13.2. The number of halogens is 1. The van der Waals surface area contributed by atoms with Crippen molar-refractivity contribution in [1.29, 1.82) is 0 Å². The molecule has 1 aromatic carbocycles. The van der Waals surface area contributed by atoms with Gasteiger partial charge in [0.1, 0.15) is 0 Å². The van der Waals surface area contributed by atoms with E-state index < -0.39 is 0 Å². The lowest BCUT2D eigenvalue weighted by molar-refractivity contribution is 0.0702. The Morgan fingerprint density at radius 1 is 1.30 bits per heavy atom. The Balaban J connectivity index is 3.11. The molecule has 0 N–H and O–H groups in total. The summed E-state index contributed by atoms with van der Waals surface area (Å²) in [6, 6.07) is 5.41. The summed E-state index contributed by atoms with van der Waals surface area (Å²) in [5.41, 5.74) is 0.509. The first-order valence-electron chi connectivity index (χ1n) is 6.64. The van der Waals surface area contributed by atoms with E-state index in [1.165, 1.54) is 7.11 Å². The number of carbonyl (C=O) groups is 1. The number of benzene rings is 1. The summed E-state index contributed by atoms with van der Waals surface area (Å²) in [4.78, 5) is 14.5. The molecule has 0 saturated carbocycles. The normalized spacial score (nSPS) is 10.5. The number of methoxy groups -OCH3 is 2. The molecule has 0 aromatic heterocycles. The molecule has 0 spiro atoms. The minimum absolute atomic E-state index is 0.0686. The number of hydrogen-bond acceptors (Lipinski definition) is 3. The van der Waals surface area contributed by atoms with E-state index in [0.29, 0.717) is 29.5 Å². The summed E-state index contributed by atoms with van der Waals surface area (Å²) in [6.45, 7) is 4.60. The van der Waals surface area contributed by atoms with Gasteiger partial charge in [-0.05, 0) is 32.4 Å². The van der Waals surface area contributed by atoms with E-state index in [1.54, 1.807) is 30.2 Å². The van der Waals surface area contributed by atoms with Crippen LogP contribution >= 0.6 is 11.6 Å². The number of nitrogens with zero attached hydrogens (tertiary/aromatic N) is 1. The maximum Gasteiger partial charge on any atom is 0.257 e. The molecule has 4 nitrogen and oxygen atoms in total. The molecule has 112 valence electrons. The van der Waals surface area contributed by atoms with E-state index in [9.17, 15) is 4.79 Å². The lowest BCUT2D eigenvalue weighted by Gasteiger charge is -2.27. The molecular weight excluding hydrogens is 278 g/mol. The van der Waals surface area contributed by atoms with E-state index in [1.807, 2.05) is 13.8 Å². The van der Waals surface area contributed by atoms with Crippen LogP contribution in [0.5, 0.6) is 11.5 Å². The molecule has 0 heterocycles. The molecule has 20 heavy (non-hydrogen) atoms. The molecule has 0 bridgehead atoms. The number of alkyl halides is 1. The molecule has 5 heteroatoms. The third-order valence-corrected chi connectivity index (χ3v) is 3.32. The van der Waals surface area contributed by atoms with Crippen LogP contribution in [0.2, 0.25) is 0 Å². The number of hydrogen-bond donors (Lipinski definition) is 0. The molecule has 0 radical (unpaired) electrons. The van der Waals surface area contributed by atoms with Crippen LogP contribution in [0.1, 0.15) is 30.6 Å². The molecular formula is C15H22ClNO3. The smallest absolute Gasteiger partial charge is 0.257 e. The minimum Gasteiger partial charge on any atom is -0.493 e. The molecule has 0 atom stereocenters. The van der Waals surface area contributed by atoms with Gasteiger partial charge in [0.05, 0.1) is 19.8 Å². The molecule has 0 aliphatic heterocycles. The zero-order valence-electron chi connectivity index (χ0n) is 12.5. The second-order valence-electron chi connectivity index (χ2n) is 4.68. The predicted octanol–water partition coefficient (Wildman–Crippen LogP) is 3.18. The van der Waals surface area contributed by atoms with Crippen LogP contribution in [-0.4, -0.2) is 43.5 Å². The summed E-state index contributed by atoms with van der Waals surface area (Å²) in [5, 5.41) is 0. The first-order chi connectivity index (χ1) is 9.56. The van der Waals surface area contributed by atoms with Gasteiger partial charge in [0, 0.05) is 18.5 Å². The monoisotopic (exact) mass is 299 g/mol. The number of rotatable bonds is 7. The van der Waals surface area contributed by atoms with Gasteiger partial charge in [0.25, 0.3) is 5.91 Å². The largest absolute Gasteiger partial charge is 0.493 e. The van der Waals surface area contributed by atoms with Crippen LogP contribution in [0.4, 0.5) is 0 Å². The van der Waals surface area contributed by atoms with Gasteiger partial charge in [0.15, 0.2) is 11.5 Å². The number of ether oxygens (including phenoxy) is 2. The van der Waals surface area contributed by atoms with Gasteiger partial charge < -0.3 is 14.4 Å².